The van der Waals surface area contributed by atoms with Gasteiger partial charge in [-0.1, -0.05) is 30.3 Å². The van der Waals surface area contributed by atoms with Crippen molar-refractivity contribution in [3.05, 3.63) is 81.4 Å². The van der Waals surface area contributed by atoms with Gasteiger partial charge < -0.3 is 0 Å². The lowest BCUT2D eigenvalue weighted by Crippen LogP contribution is -1.95. The predicted molar refractivity (Wildman–Crippen MR) is 77.6 cm³/mol. The first-order valence-corrected chi connectivity index (χ1v) is 6.10. The number of hydrogen-bond donors (Lipinski definition) is 0. The Morgan fingerprint density at radius 2 is 1.75 bits per heavy atom. The minimum absolute atomic E-state index is 0.0237. The molecule has 0 radical (unpaired) electrons. The minimum Gasteiger partial charge on any atom is -0.289 e. The molecule has 0 saturated carbocycles. The van der Waals surface area contributed by atoms with Crippen LogP contribution in [-0.4, -0.2) is 10.7 Å². The van der Waals surface area contributed by atoms with Gasteiger partial charge in [0.1, 0.15) is 0 Å². The van der Waals surface area contributed by atoms with Crippen LogP contribution in [0.15, 0.2) is 54.6 Å². The smallest absolute Gasteiger partial charge is 0.269 e. The number of aryl methyl sites for hydroxylation is 1. The molecular weight excluding hydrogens is 254 g/mol. The van der Waals surface area contributed by atoms with E-state index in [2.05, 4.69) is 0 Å². The number of non-ortho nitro benzene ring substituents is 1. The molecule has 2 rings (SSSR count). The van der Waals surface area contributed by atoms with Crippen molar-refractivity contribution in [3.63, 3.8) is 0 Å². The van der Waals surface area contributed by atoms with E-state index in [1.54, 1.807) is 6.08 Å². The molecule has 0 aliphatic heterocycles. The first kappa shape index (κ1) is 13.7. The van der Waals surface area contributed by atoms with Crippen LogP contribution in [0.5, 0.6) is 0 Å². The first-order chi connectivity index (χ1) is 9.58. The summed E-state index contributed by atoms with van der Waals surface area (Å²) in [5.41, 5.74) is 2.47. The molecule has 100 valence electrons. The third-order valence-corrected chi connectivity index (χ3v) is 2.97. The highest BCUT2D eigenvalue weighted by atomic mass is 16.6. The quantitative estimate of drug-likeness (QED) is 0.366. The number of carbonyl (C=O) groups excluding carboxylic acids is 1. The van der Waals surface area contributed by atoms with Gasteiger partial charge in [-0.05, 0) is 36.3 Å². The molecule has 0 aromatic heterocycles. The average Bonchev–Trinajstić information content (AvgIpc) is 2.46. The predicted octanol–water partition coefficient (Wildman–Crippen LogP) is 3.80. The molecule has 0 heterocycles. The van der Waals surface area contributed by atoms with Crippen LogP contribution in [0, 0.1) is 17.0 Å². The summed E-state index contributed by atoms with van der Waals surface area (Å²) in [6.45, 7) is 1.97. The van der Waals surface area contributed by atoms with E-state index in [1.807, 2.05) is 31.2 Å². The van der Waals surface area contributed by atoms with Gasteiger partial charge in [0.15, 0.2) is 5.78 Å². The zero-order valence-corrected chi connectivity index (χ0v) is 10.9. The lowest BCUT2D eigenvalue weighted by molar-refractivity contribution is -0.384. The Balaban J connectivity index is 2.16. The van der Waals surface area contributed by atoms with Gasteiger partial charge in [0.2, 0.25) is 0 Å². The molecule has 0 bridgehead atoms. The van der Waals surface area contributed by atoms with E-state index >= 15 is 0 Å². The lowest BCUT2D eigenvalue weighted by Gasteiger charge is -1.99. The normalized spacial score (nSPS) is 10.7. The van der Waals surface area contributed by atoms with E-state index in [-0.39, 0.29) is 11.5 Å². The topological polar surface area (TPSA) is 60.2 Å². The highest BCUT2D eigenvalue weighted by Crippen LogP contribution is 2.14. The zero-order valence-electron chi connectivity index (χ0n) is 10.9. The number of benzene rings is 2. The van der Waals surface area contributed by atoms with Gasteiger partial charge in [-0.3, -0.25) is 14.9 Å². The van der Waals surface area contributed by atoms with Crippen LogP contribution in [0.25, 0.3) is 6.08 Å². The monoisotopic (exact) mass is 267 g/mol. The number of hydrogen-bond acceptors (Lipinski definition) is 3. The second-order valence-electron chi connectivity index (χ2n) is 4.36. The molecule has 0 aliphatic rings. The number of carbonyl (C=O) groups is 1. The summed E-state index contributed by atoms with van der Waals surface area (Å²) in [6, 6.07) is 13.3. The Labute approximate surface area is 116 Å². The second-order valence-corrected chi connectivity index (χ2v) is 4.36. The minimum atomic E-state index is -0.489. The van der Waals surface area contributed by atoms with E-state index in [0.717, 1.165) is 11.1 Å². The maximum absolute atomic E-state index is 12.0. The van der Waals surface area contributed by atoms with Crippen molar-refractivity contribution in [3.8, 4) is 0 Å². The summed E-state index contributed by atoms with van der Waals surface area (Å²) >= 11 is 0. The van der Waals surface area contributed by atoms with Gasteiger partial charge in [-0.15, -0.1) is 0 Å². The maximum Gasteiger partial charge on any atom is 0.269 e. The van der Waals surface area contributed by atoms with Crippen molar-refractivity contribution in [1.29, 1.82) is 0 Å². The van der Waals surface area contributed by atoms with Crippen molar-refractivity contribution in [2.45, 2.75) is 6.92 Å². The Morgan fingerprint density at radius 3 is 2.35 bits per heavy atom. The van der Waals surface area contributed by atoms with Crippen LogP contribution in [0.1, 0.15) is 21.5 Å². The van der Waals surface area contributed by atoms with Gasteiger partial charge in [-0.2, -0.15) is 0 Å². The van der Waals surface area contributed by atoms with E-state index in [4.69, 9.17) is 0 Å². The number of nitro groups is 1. The molecule has 4 heteroatoms. The third kappa shape index (κ3) is 3.17. The van der Waals surface area contributed by atoms with Crippen LogP contribution in [0.4, 0.5) is 5.69 Å². The summed E-state index contributed by atoms with van der Waals surface area (Å²) in [5, 5.41) is 10.5. The second kappa shape index (κ2) is 5.93. The third-order valence-electron chi connectivity index (χ3n) is 2.97. The number of nitrogens with zero attached hydrogens (tertiary/aromatic N) is 1. The summed E-state index contributed by atoms with van der Waals surface area (Å²) in [7, 11) is 0. The molecule has 0 fully saturated rings. The van der Waals surface area contributed by atoms with E-state index in [0.29, 0.717) is 5.56 Å². The Bertz CT molecular complexity index is 672. The van der Waals surface area contributed by atoms with Crippen LogP contribution in [-0.2, 0) is 0 Å². The maximum atomic E-state index is 12.0. The summed E-state index contributed by atoms with van der Waals surface area (Å²) < 4.78 is 0. The zero-order chi connectivity index (χ0) is 14.5. The van der Waals surface area contributed by atoms with Crippen molar-refractivity contribution < 1.29 is 9.72 Å². The van der Waals surface area contributed by atoms with Crippen LogP contribution < -0.4 is 0 Å². The molecule has 0 unspecified atom stereocenters. The Kier molecular flexibility index (Phi) is 4.05. The van der Waals surface area contributed by atoms with Crippen molar-refractivity contribution in [2.24, 2.45) is 0 Å². The first-order valence-electron chi connectivity index (χ1n) is 6.10. The SMILES string of the molecule is Cc1ccccc1C=CC(=O)c1ccc([N+](=O)[O-])cc1. The number of ketones is 1. The standard InChI is InChI=1S/C16H13NO3/c1-12-4-2-3-5-13(12)8-11-16(18)14-6-9-15(10-7-14)17(19)20/h2-11H,1H3. The fourth-order valence-electron chi connectivity index (χ4n) is 1.78. The Morgan fingerprint density at radius 1 is 1.10 bits per heavy atom. The molecule has 0 atom stereocenters. The van der Waals surface area contributed by atoms with Gasteiger partial charge in [0.05, 0.1) is 4.92 Å². The molecule has 2 aromatic carbocycles. The molecule has 0 saturated heterocycles. The lowest BCUT2D eigenvalue weighted by atomic mass is 10.1. The largest absolute Gasteiger partial charge is 0.289 e. The van der Waals surface area contributed by atoms with Gasteiger partial charge in [0.25, 0.3) is 5.69 Å². The fraction of sp³-hybridized carbons (Fsp3) is 0.0625. The summed E-state index contributed by atoms with van der Waals surface area (Å²) in [5.74, 6) is -0.178. The van der Waals surface area contributed by atoms with Gasteiger partial charge in [0, 0.05) is 17.7 Å². The highest BCUT2D eigenvalue weighted by Gasteiger charge is 2.07. The molecule has 0 aliphatic carbocycles. The Hall–Kier alpha value is -2.75. The van der Waals surface area contributed by atoms with Crippen LogP contribution >= 0.6 is 0 Å². The van der Waals surface area contributed by atoms with Crippen molar-refractivity contribution in [1.82, 2.24) is 0 Å². The molecule has 0 N–H and O–H groups in total. The molecule has 2 aromatic rings. The van der Waals surface area contributed by atoms with Gasteiger partial charge >= 0.3 is 0 Å². The average molecular weight is 267 g/mol. The highest BCUT2D eigenvalue weighted by molar-refractivity contribution is 6.06. The van der Waals surface area contributed by atoms with Gasteiger partial charge in [-0.25, -0.2) is 0 Å². The molecule has 20 heavy (non-hydrogen) atoms. The van der Waals surface area contributed by atoms with E-state index < -0.39 is 4.92 Å². The number of nitro benzene ring substituents is 1. The fourth-order valence-corrected chi connectivity index (χ4v) is 1.78. The van der Waals surface area contributed by atoms with E-state index in [9.17, 15) is 14.9 Å². The number of allylic oxidation sites excluding steroid dienone is 1. The van der Waals surface area contributed by atoms with Crippen molar-refractivity contribution >= 4 is 17.5 Å². The van der Waals surface area contributed by atoms with E-state index in [1.165, 1.54) is 30.3 Å². The molecule has 0 spiro atoms. The molecule has 4 nitrogen and oxygen atoms in total. The van der Waals surface area contributed by atoms with Crippen LogP contribution in [0.3, 0.4) is 0 Å². The number of rotatable bonds is 4. The summed E-state index contributed by atoms with van der Waals surface area (Å²) in [6.07, 6.45) is 3.22. The summed E-state index contributed by atoms with van der Waals surface area (Å²) in [4.78, 5) is 22.0. The molecular formula is C16H13NO3. The van der Waals surface area contributed by atoms with Crippen molar-refractivity contribution in [2.75, 3.05) is 0 Å². The molecule has 0 amide bonds. The van der Waals surface area contributed by atoms with Crippen LogP contribution in [0.2, 0.25) is 0 Å².